The molecule has 0 radical (unpaired) electrons. The molecule has 0 saturated carbocycles. The van der Waals surface area contributed by atoms with E-state index in [9.17, 15) is 9.59 Å². The molecule has 104 valence electrons. The zero-order chi connectivity index (χ0) is 14.7. The van der Waals surface area contributed by atoms with Crippen molar-refractivity contribution in [1.82, 2.24) is 4.57 Å². The van der Waals surface area contributed by atoms with E-state index in [0.29, 0.717) is 5.56 Å². The summed E-state index contributed by atoms with van der Waals surface area (Å²) in [4.78, 5) is 23.9. The molecule has 0 fully saturated rings. The summed E-state index contributed by atoms with van der Waals surface area (Å²) in [5.74, 6) is -0.289. The predicted molar refractivity (Wildman–Crippen MR) is 83.4 cm³/mol. The van der Waals surface area contributed by atoms with E-state index in [2.05, 4.69) is 21.2 Å². The van der Waals surface area contributed by atoms with Crippen LogP contribution >= 0.6 is 15.9 Å². The fourth-order valence-corrected chi connectivity index (χ4v) is 2.24. The van der Waals surface area contributed by atoms with E-state index >= 15 is 0 Å². The second-order valence-electron chi connectivity index (χ2n) is 4.52. The number of anilines is 1. The number of aromatic nitrogens is 1. The van der Waals surface area contributed by atoms with Crippen molar-refractivity contribution in [2.75, 3.05) is 5.32 Å². The summed E-state index contributed by atoms with van der Waals surface area (Å²) in [7, 11) is 1.64. The lowest BCUT2D eigenvalue weighted by Gasteiger charge is -2.12. The van der Waals surface area contributed by atoms with Gasteiger partial charge in [0.25, 0.3) is 11.5 Å². The van der Waals surface area contributed by atoms with Gasteiger partial charge in [-0.3, -0.25) is 9.59 Å². The average Bonchev–Trinajstić information content (AvgIpc) is 2.42. The number of rotatable bonds is 3. The zero-order valence-electron chi connectivity index (χ0n) is 11.3. The molecule has 1 amide bonds. The number of benzene rings is 1. The van der Waals surface area contributed by atoms with Crippen LogP contribution in [0, 0.1) is 0 Å². The maximum Gasteiger partial charge on any atom is 0.255 e. The van der Waals surface area contributed by atoms with Crippen LogP contribution in [0.3, 0.4) is 0 Å². The van der Waals surface area contributed by atoms with Crippen molar-refractivity contribution in [2.45, 2.75) is 11.8 Å². The third-order valence-electron chi connectivity index (χ3n) is 3.00. The fraction of sp³-hybridized carbons (Fsp3) is 0.200. The molecule has 5 heteroatoms. The highest BCUT2D eigenvalue weighted by molar-refractivity contribution is 9.09. The summed E-state index contributed by atoms with van der Waals surface area (Å²) < 4.78 is 1.42. The average molecular weight is 335 g/mol. The van der Waals surface area contributed by atoms with Crippen LogP contribution < -0.4 is 10.9 Å². The topological polar surface area (TPSA) is 51.1 Å². The number of amides is 1. The van der Waals surface area contributed by atoms with Crippen molar-refractivity contribution in [3.05, 3.63) is 64.1 Å². The Morgan fingerprint density at radius 3 is 2.65 bits per heavy atom. The maximum atomic E-state index is 12.2. The second-order valence-corrected chi connectivity index (χ2v) is 5.90. The van der Waals surface area contributed by atoms with Gasteiger partial charge in [0.05, 0.1) is 0 Å². The quantitative estimate of drug-likeness (QED) is 0.877. The summed E-state index contributed by atoms with van der Waals surface area (Å²) in [6.07, 6.45) is 1.58. The summed E-state index contributed by atoms with van der Waals surface area (Å²) in [6, 6.07) is 10.5. The highest BCUT2D eigenvalue weighted by Gasteiger charge is 2.12. The van der Waals surface area contributed by atoms with Crippen molar-refractivity contribution in [1.29, 1.82) is 0 Å². The Labute approximate surface area is 125 Å². The van der Waals surface area contributed by atoms with Gasteiger partial charge in [0.1, 0.15) is 0 Å². The Morgan fingerprint density at radius 2 is 2.00 bits per heavy atom. The minimum atomic E-state index is -0.289. The van der Waals surface area contributed by atoms with Gasteiger partial charge in [-0.2, -0.15) is 0 Å². The Balaban J connectivity index is 2.28. The Hall–Kier alpha value is -1.88. The number of hydrogen-bond acceptors (Lipinski definition) is 2. The van der Waals surface area contributed by atoms with Crippen LogP contribution in [0.2, 0.25) is 0 Å². The second kappa shape index (κ2) is 6.05. The first kappa shape index (κ1) is 14.5. The van der Waals surface area contributed by atoms with Crippen LogP contribution in [-0.2, 0) is 7.05 Å². The number of carbonyl (C=O) groups is 1. The first-order valence-electron chi connectivity index (χ1n) is 6.20. The van der Waals surface area contributed by atoms with Gasteiger partial charge >= 0.3 is 0 Å². The van der Waals surface area contributed by atoms with E-state index in [0.717, 1.165) is 11.3 Å². The standard InChI is InChI=1S/C15H15BrN2O2/c1-10(16)12-5-3-4-6-13(12)17-15(20)11-7-8-18(2)14(19)9-11/h3-10H,1-2H3,(H,17,20). The van der Waals surface area contributed by atoms with E-state index in [4.69, 9.17) is 0 Å². The third kappa shape index (κ3) is 3.17. The monoisotopic (exact) mass is 334 g/mol. The van der Waals surface area contributed by atoms with E-state index in [-0.39, 0.29) is 16.3 Å². The summed E-state index contributed by atoms with van der Waals surface area (Å²) >= 11 is 3.50. The zero-order valence-corrected chi connectivity index (χ0v) is 12.8. The van der Waals surface area contributed by atoms with Crippen LogP contribution in [0.15, 0.2) is 47.4 Å². The van der Waals surface area contributed by atoms with Gasteiger partial charge < -0.3 is 9.88 Å². The minimum absolute atomic E-state index is 0.127. The smallest absolute Gasteiger partial charge is 0.255 e. The van der Waals surface area contributed by atoms with E-state index in [1.807, 2.05) is 31.2 Å². The number of carbonyl (C=O) groups excluding carboxylic acids is 1. The molecule has 20 heavy (non-hydrogen) atoms. The Morgan fingerprint density at radius 1 is 1.30 bits per heavy atom. The van der Waals surface area contributed by atoms with Crippen molar-refractivity contribution < 1.29 is 4.79 Å². The molecule has 1 atom stereocenters. The van der Waals surface area contributed by atoms with Gasteiger partial charge in [0, 0.05) is 35.4 Å². The molecular weight excluding hydrogens is 320 g/mol. The molecule has 1 N–H and O–H groups in total. The normalized spacial score (nSPS) is 11.9. The molecule has 1 aromatic heterocycles. The highest BCUT2D eigenvalue weighted by Crippen LogP contribution is 2.28. The third-order valence-corrected chi connectivity index (χ3v) is 3.50. The largest absolute Gasteiger partial charge is 0.322 e. The van der Waals surface area contributed by atoms with Crippen LogP contribution in [-0.4, -0.2) is 10.5 Å². The first-order valence-corrected chi connectivity index (χ1v) is 7.11. The van der Waals surface area contributed by atoms with E-state index < -0.39 is 0 Å². The molecule has 0 bridgehead atoms. The lowest BCUT2D eigenvalue weighted by Crippen LogP contribution is -2.20. The number of para-hydroxylation sites is 1. The summed E-state index contributed by atoms with van der Waals surface area (Å²) in [5, 5.41) is 2.84. The molecule has 0 aliphatic rings. The molecule has 1 aromatic carbocycles. The molecule has 2 rings (SSSR count). The molecular formula is C15H15BrN2O2. The lowest BCUT2D eigenvalue weighted by molar-refractivity contribution is 0.102. The summed E-state index contributed by atoms with van der Waals surface area (Å²) in [6.45, 7) is 1.99. The number of nitrogens with one attached hydrogen (secondary N) is 1. The minimum Gasteiger partial charge on any atom is -0.322 e. The van der Waals surface area contributed by atoms with Gasteiger partial charge in [-0.1, -0.05) is 34.1 Å². The Kier molecular flexibility index (Phi) is 4.39. The van der Waals surface area contributed by atoms with Gasteiger partial charge in [-0.05, 0) is 24.6 Å². The number of pyridine rings is 1. The van der Waals surface area contributed by atoms with Crippen LogP contribution in [0.1, 0.15) is 27.7 Å². The van der Waals surface area contributed by atoms with E-state index in [1.165, 1.54) is 10.6 Å². The molecule has 2 aromatic rings. The fourth-order valence-electron chi connectivity index (χ4n) is 1.84. The number of aryl methyl sites for hydroxylation is 1. The van der Waals surface area contributed by atoms with Crippen LogP contribution in [0.5, 0.6) is 0 Å². The van der Waals surface area contributed by atoms with Gasteiger partial charge in [-0.15, -0.1) is 0 Å². The van der Waals surface area contributed by atoms with Crippen molar-refractivity contribution in [3.8, 4) is 0 Å². The van der Waals surface area contributed by atoms with Crippen molar-refractivity contribution in [2.24, 2.45) is 7.05 Å². The van der Waals surface area contributed by atoms with Crippen molar-refractivity contribution in [3.63, 3.8) is 0 Å². The highest BCUT2D eigenvalue weighted by atomic mass is 79.9. The molecule has 0 spiro atoms. The molecule has 4 nitrogen and oxygen atoms in total. The van der Waals surface area contributed by atoms with E-state index in [1.54, 1.807) is 19.3 Å². The van der Waals surface area contributed by atoms with Crippen molar-refractivity contribution >= 4 is 27.5 Å². The number of alkyl halides is 1. The Bertz CT molecular complexity index is 692. The molecule has 1 unspecified atom stereocenters. The number of hydrogen-bond donors (Lipinski definition) is 1. The van der Waals surface area contributed by atoms with Gasteiger partial charge in [0.15, 0.2) is 0 Å². The molecule has 1 heterocycles. The lowest BCUT2D eigenvalue weighted by atomic mass is 10.1. The molecule has 0 aliphatic heterocycles. The first-order chi connectivity index (χ1) is 9.49. The number of nitrogens with zero attached hydrogens (tertiary/aromatic N) is 1. The van der Waals surface area contributed by atoms with Crippen LogP contribution in [0.25, 0.3) is 0 Å². The number of halogens is 1. The molecule has 0 aliphatic carbocycles. The van der Waals surface area contributed by atoms with Gasteiger partial charge in [-0.25, -0.2) is 0 Å². The SMILES string of the molecule is CC(Br)c1ccccc1NC(=O)c1ccn(C)c(=O)c1. The maximum absolute atomic E-state index is 12.2. The predicted octanol–water partition coefficient (Wildman–Crippen LogP) is 3.09. The molecule has 0 saturated heterocycles. The van der Waals surface area contributed by atoms with Gasteiger partial charge in [0.2, 0.25) is 0 Å². The van der Waals surface area contributed by atoms with Crippen LogP contribution in [0.4, 0.5) is 5.69 Å². The summed E-state index contributed by atoms with van der Waals surface area (Å²) in [5.41, 5.74) is 1.87.